The second-order valence-electron chi connectivity index (χ2n) is 4.42. The third kappa shape index (κ3) is 3.23. The Morgan fingerprint density at radius 1 is 1.60 bits per heavy atom. The second-order valence-corrected chi connectivity index (χ2v) is 4.42. The summed E-state index contributed by atoms with van der Waals surface area (Å²) >= 11 is 0. The van der Waals surface area contributed by atoms with Crippen molar-refractivity contribution in [1.29, 1.82) is 0 Å². The molecule has 0 radical (unpaired) electrons. The van der Waals surface area contributed by atoms with Gasteiger partial charge in [0, 0.05) is 13.5 Å². The minimum absolute atomic E-state index is 0.0885. The zero-order valence-corrected chi connectivity index (χ0v) is 9.19. The molecule has 1 heterocycles. The predicted octanol–water partition coefficient (Wildman–Crippen LogP) is 0.441. The maximum atomic E-state index is 10.6. The molecule has 1 aromatic heterocycles. The van der Waals surface area contributed by atoms with Crippen LogP contribution >= 0.6 is 0 Å². The van der Waals surface area contributed by atoms with Crippen LogP contribution in [0.5, 0.6) is 0 Å². The van der Waals surface area contributed by atoms with Gasteiger partial charge in [-0.1, -0.05) is 13.8 Å². The van der Waals surface area contributed by atoms with Crippen LogP contribution in [-0.4, -0.2) is 25.8 Å². The van der Waals surface area contributed by atoms with Crippen LogP contribution in [0, 0.1) is 5.41 Å². The highest BCUT2D eigenvalue weighted by Gasteiger charge is 2.24. The lowest BCUT2D eigenvalue weighted by atomic mass is 9.85. The van der Waals surface area contributed by atoms with Gasteiger partial charge in [0.1, 0.15) is 0 Å². The molecule has 0 spiro atoms. The topological polar surface area (TPSA) is 94.0 Å². The molecular weight excluding hydrogens is 196 g/mol. The van der Waals surface area contributed by atoms with Gasteiger partial charge >= 0.3 is 5.97 Å². The molecule has 0 bridgehead atoms. The van der Waals surface area contributed by atoms with Crippen LogP contribution in [0.2, 0.25) is 0 Å². The van der Waals surface area contributed by atoms with Crippen LogP contribution < -0.4 is 5.73 Å². The number of nitrogens with zero attached hydrogens (tertiary/aromatic N) is 3. The number of anilines is 1. The fourth-order valence-electron chi connectivity index (χ4n) is 1.43. The molecule has 6 heteroatoms. The number of carbonyl (C=O) groups is 1. The van der Waals surface area contributed by atoms with Crippen molar-refractivity contribution in [3.63, 3.8) is 0 Å². The molecule has 0 unspecified atom stereocenters. The van der Waals surface area contributed by atoms with E-state index in [0.29, 0.717) is 18.2 Å². The molecule has 0 amide bonds. The maximum absolute atomic E-state index is 10.6. The lowest BCUT2D eigenvalue weighted by molar-refractivity contribution is -0.139. The molecule has 84 valence electrons. The van der Waals surface area contributed by atoms with E-state index >= 15 is 0 Å². The fourth-order valence-corrected chi connectivity index (χ4v) is 1.43. The lowest BCUT2D eigenvalue weighted by Gasteiger charge is -2.19. The molecule has 6 nitrogen and oxygen atoms in total. The zero-order chi connectivity index (χ0) is 11.6. The van der Waals surface area contributed by atoms with Gasteiger partial charge in [-0.3, -0.25) is 4.79 Å². The number of carboxylic acids is 1. The first-order chi connectivity index (χ1) is 6.80. The lowest BCUT2D eigenvalue weighted by Crippen LogP contribution is -2.20. The molecule has 15 heavy (non-hydrogen) atoms. The van der Waals surface area contributed by atoms with E-state index in [0.717, 1.165) is 0 Å². The van der Waals surface area contributed by atoms with Gasteiger partial charge < -0.3 is 10.8 Å². The van der Waals surface area contributed by atoms with Crippen LogP contribution in [0.4, 0.5) is 5.95 Å². The molecule has 0 aliphatic rings. The first-order valence-electron chi connectivity index (χ1n) is 4.67. The van der Waals surface area contributed by atoms with Gasteiger partial charge in [-0.25, -0.2) is 4.68 Å². The van der Waals surface area contributed by atoms with Crippen LogP contribution in [0.1, 0.15) is 26.1 Å². The third-order valence-electron chi connectivity index (χ3n) is 2.11. The van der Waals surface area contributed by atoms with E-state index in [1.165, 1.54) is 4.68 Å². The van der Waals surface area contributed by atoms with E-state index in [1.807, 2.05) is 13.8 Å². The van der Waals surface area contributed by atoms with E-state index in [1.54, 1.807) is 7.05 Å². The minimum Gasteiger partial charge on any atom is -0.481 e. The molecule has 0 aromatic carbocycles. The smallest absolute Gasteiger partial charge is 0.303 e. The Labute approximate surface area is 88.1 Å². The van der Waals surface area contributed by atoms with Crippen molar-refractivity contribution in [1.82, 2.24) is 14.8 Å². The van der Waals surface area contributed by atoms with Crippen molar-refractivity contribution in [2.75, 3.05) is 5.73 Å². The van der Waals surface area contributed by atoms with Crippen LogP contribution in [0.15, 0.2) is 0 Å². The average molecular weight is 212 g/mol. The number of nitrogens with two attached hydrogens (primary N) is 1. The molecule has 0 saturated carbocycles. The second kappa shape index (κ2) is 3.88. The highest BCUT2D eigenvalue weighted by molar-refractivity contribution is 5.67. The fraction of sp³-hybridized carbons (Fsp3) is 0.667. The van der Waals surface area contributed by atoms with Gasteiger partial charge in [0.05, 0.1) is 6.42 Å². The predicted molar refractivity (Wildman–Crippen MR) is 55.2 cm³/mol. The monoisotopic (exact) mass is 212 g/mol. The van der Waals surface area contributed by atoms with Crippen molar-refractivity contribution < 1.29 is 9.90 Å². The Hall–Kier alpha value is -1.59. The Kier molecular flexibility index (Phi) is 2.97. The van der Waals surface area contributed by atoms with Crippen LogP contribution in [-0.2, 0) is 18.3 Å². The molecule has 1 aromatic rings. The SMILES string of the molecule is Cn1nc(CC(C)(C)CC(=O)O)nc1N. The van der Waals surface area contributed by atoms with Gasteiger partial charge in [-0.2, -0.15) is 10.1 Å². The van der Waals surface area contributed by atoms with Crippen molar-refractivity contribution in [2.45, 2.75) is 26.7 Å². The van der Waals surface area contributed by atoms with Crippen molar-refractivity contribution >= 4 is 11.9 Å². The van der Waals surface area contributed by atoms with Crippen molar-refractivity contribution in [3.05, 3.63) is 5.82 Å². The van der Waals surface area contributed by atoms with Gasteiger partial charge in [0.15, 0.2) is 5.82 Å². The first-order valence-corrected chi connectivity index (χ1v) is 4.67. The number of hydrogen-bond donors (Lipinski definition) is 2. The van der Waals surface area contributed by atoms with Gasteiger partial charge in [-0.15, -0.1) is 0 Å². The number of aromatic nitrogens is 3. The molecule has 0 atom stereocenters. The van der Waals surface area contributed by atoms with E-state index in [4.69, 9.17) is 10.8 Å². The normalized spacial score (nSPS) is 11.7. The molecule has 0 saturated heterocycles. The van der Waals surface area contributed by atoms with Crippen molar-refractivity contribution in [3.8, 4) is 0 Å². The average Bonchev–Trinajstić information content (AvgIpc) is 2.25. The number of aliphatic carboxylic acids is 1. The van der Waals surface area contributed by atoms with E-state index in [9.17, 15) is 4.79 Å². The Balaban J connectivity index is 2.72. The molecule has 1 rings (SSSR count). The number of nitrogen functional groups attached to an aromatic ring is 1. The van der Waals surface area contributed by atoms with Gasteiger partial charge in [0.2, 0.25) is 5.95 Å². The van der Waals surface area contributed by atoms with E-state index in [2.05, 4.69) is 10.1 Å². The van der Waals surface area contributed by atoms with Crippen molar-refractivity contribution in [2.24, 2.45) is 12.5 Å². The first kappa shape index (κ1) is 11.5. The summed E-state index contributed by atoms with van der Waals surface area (Å²) in [6, 6.07) is 0. The summed E-state index contributed by atoms with van der Waals surface area (Å²) in [7, 11) is 1.70. The molecule has 0 aliphatic carbocycles. The van der Waals surface area contributed by atoms with E-state index < -0.39 is 5.97 Å². The minimum atomic E-state index is -0.816. The largest absolute Gasteiger partial charge is 0.481 e. The third-order valence-corrected chi connectivity index (χ3v) is 2.11. The Bertz CT molecular complexity index is 351. The number of hydrogen-bond acceptors (Lipinski definition) is 4. The summed E-state index contributed by atoms with van der Waals surface area (Å²) in [5, 5.41) is 12.8. The summed E-state index contributed by atoms with van der Waals surface area (Å²) in [5.41, 5.74) is 5.17. The highest BCUT2D eigenvalue weighted by atomic mass is 16.4. The standard InChI is InChI=1S/C9H16N4O2/c1-9(2,5-7(14)15)4-6-11-8(10)13(3)12-6/h4-5H2,1-3H3,(H,14,15)(H2,10,11,12). The summed E-state index contributed by atoms with van der Waals surface area (Å²) in [6.07, 6.45) is 0.593. The molecule has 0 fully saturated rings. The summed E-state index contributed by atoms with van der Waals surface area (Å²) in [5.74, 6) is 0.112. The summed E-state index contributed by atoms with van der Waals surface area (Å²) in [4.78, 5) is 14.6. The Morgan fingerprint density at radius 2 is 2.20 bits per heavy atom. The van der Waals surface area contributed by atoms with Crippen LogP contribution in [0.3, 0.4) is 0 Å². The van der Waals surface area contributed by atoms with Crippen LogP contribution in [0.25, 0.3) is 0 Å². The maximum Gasteiger partial charge on any atom is 0.303 e. The van der Waals surface area contributed by atoms with Gasteiger partial charge in [-0.05, 0) is 5.41 Å². The summed E-state index contributed by atoms with van der Waals surface area (Å²) in [6.45, 7) is 3.74. The number of rotatable bonds is 4. The number of aryl methyl sites for hydroxylation is 1. The molecule has 0 aliphatic heterocycles. The zero-order valence-electron chi connectivity index (χ0n) is 9.19. The molecular formula is C9H16N4O2. The molecule has 3 N–H and O–H groups in total. The van der Waals surface area contributed by atoms with Gasteiger partial charge in [0.25, 0.3) is 0 Å². The quantitative estimate of drug-likeness (QED) is 0.755. The number of carboxylic acid groups (broad SMARTS) is 1. The Morgan fingerprint density at radius 3 is 2.60 bits per heavy atom. The summed E-state index contributed by atoms with van der Waals surface area (Å²) < 4.78 is 1.48. The van der Waals surface area contributed by atoms with E-state index in [-0.39, 0.29) is 11.8 Å². The highest BCUT2D eigenvalue weighted by Crippen LogP contribution is 2.24.